The highest BCUT2D eigenvalue weighted by Crippen LogP contribution is 2.18. The predicted octanol–water partition coefficient (Wildman–Crippen LogP) is 3.37. The van der Waals surface area contributed by atoms with E-state index in [4.69, 9.17) is 10.1 Å². The van der Waals surface area contributed by atoms with Crippen molar-refractivity contribution in [2.75, 3.05) is 13.1 Å². The van der Waals surface area contributed by atoms with Crippen LogP contribution in [-0.2, 0) is 13.0 Å². The number of imidazole rings is 1. The lowest BCUT2D eigenvalue weighted by atomic mass is 10.1. The van der Waals surface area contributed by atoms with E-state index in [2.05, 4.69) is 27.0 Å². The first-order valence-corrected chi connectivity index (χ1v) is 9.75. The van der Waals surface area contributed by atoms with Crippen LogP contribution in [0.4, 0.5) is 0 Å². The SMILES string of the molecule is c1cc(-c2ccc3nc(Cc4cc(CN5CCCC5)ccn4)cn3n2)ccn1. The lowest BCUT2D eigenvalue weighted by Crippen LogP contribution is -2.18. The molecule has 4 aromatic heterocycles. The Hall–Kier alpha value is -3.12. The van der Waals surface area contributed by atoms with Crippen LogP contribution in [0.15, 0.2) is 61.2 Å². The highest BCUT2D eigenvalue weighted by molar-refractivity contribution is 5.59. The van der Waals surface area contributed by atoms with E-state index >= 15 is 0 Å². The molecule has 0 unspecified atom stereocenters. The third kappa shape index (κ3) is 3.64. The first kappa shape index (κ1) is 17.0. The Kier molecular flexibility index (Phi) is 4.54. The number of aromatic nitrogens is 5. The van der Waals surface area contributed by atoms with Crippen molar-refractivity contribution in [3.05, 3.63) is 78.1 Å². The van der Waals surface area contributed by atoms with Gasteiger partial charge in [-0.1, -0.05) is 0 Å². The molecule has 0 bridgehead atoms. The van der Waals surface area contributed by atoms with E-state index in [1.807, 2.05) is 41.2 Å². The smallest absolute Gasteiger partial charge is 0.153 e. The van der Waals surface area contributed by atoms with Crippen LogP contribution in [-0.4, -0.2) is 42.6 Å². The molecule has 28 heavy (non-hydrogen) atoms. The highest BCUT2D eigenvalue weighted by Gasteiger charge is 2.12. The van der Waals surface area contributed by atoms with Gasteiger partial charge in [0.25, 0.3) is 0 Å². The van der Waals surface area contributed by atoms with E-state index in [-0.39, 0.29) is 0 Å². The van der Waals surface area contributed by atoms with Crippen molar-refractivity contribution < 1.29 is 0 Å². The third-order valence-electron chi connectivity index (χ3n) is 5.19. The monoisotopic (exact) mass is 370 g/mol. The summed E-state index contributed by atoms with van der Waals surface area (Å²) in [5.74, 6) is 0. The summed E-state index contributed by atoms with van der Waals surface area (Å²) in [5, 5.41) is 4.69. The Morgan fingerprint density at radius 3 is 2.61 bits per heavy atom. The summed E-state index contributed by atoms with van der Waals surface area (Å²) in [5.41, 5.74) is 6.16. The molecule has 6 heteroatoms. The number of rotatable bonds is 5. The van der Waals surface area contributed by atoms with Gasteiger partial charge in [-0.25, -0.2) is 9.50 Å². The zero-order chi connectivity index (χ0) is 18.8. The van der Waals surface area contributed by atoms with Crippen LogP contribution in [0.1, 0.15) is 29.8 Å². The van der Waals surface area contributed by atoms with Crippen LogP contribution in [0.3, 0.4) is 0 Å². The molecule has 1 aliphatic heterocycles. The van der Waals surface area contributed by atoms with Gasteiger partial charge in [0.05, 0.1) is 17.6 Å². The molecule has 0 aliphatic carbocycles. The van der Waals surface area contributed by atoms with Crippen molar-refractivity contribution in [2.24, 2.45) is 0 Å². The molecule has 0 N–H and O–H groups in total. The number of nitrogens with zero attached hydrogens (tertiary/aromatic N) is 6. The summed E-state index contributed by atoms with van der Waals surface area (Å²) in [7, 11) is 0. The van der Waals surface area contributed by atoms with Crippen LogP contribution in [0.25, 0.3) is 16.9 Å². The minimum Gasteiger partial charge on any atom is -0.299 e. The maximum absolute atomic E-state index is 4.71. The fourth-order valence-electron chi connectivity index (χ4n) is 3.80. The van der Waals surface area contributed by atoms with Crippen molar-refractivity contribution in [2.45, 2.75) is 25.8 Å². The molecule has 1 saturated heterocycles. The Morgan fingerprint density at radius 1 is 0.893 bits per heavy atom. The molecule has 0 spiro atoms. The van der Waals surface area contributed by atoms with Crippen LogP contribution >= 0.6 is 0 Å². The van der Waals surface area contributed by atoms with Gasteiger partial charge in [-0.05, 0) is 67.9 Å². The molecular weight excluding hydrogens is 348 g/mol. The first-order chi connectivity index (χ1) is 13.8. The Labute approximate surface area is 163 Å². The van der Waals surface area contributed by atoms with E-state index < -0.39 is 0 Å². The van der Waals surface area contributed by atoms with Gasteiger partial charge in [0, 0.05) is 42.8 Å². The molecular formula is C22H22N6. The molecule has 1 fully saturated rings. The third-order valence-corrected chi connectivity index (χ3v) is 5.19. The average Bonchev–Trinajstić information content (AvgIpc) is 3.37. The maximum atomic E-state index is 4.71. The number of hydrogen-bond acceptors (Lipinski definition) is 5. The lowest BCUT2D eigenvalue weighted by molar-refractivity contribution is 0.331. The zero-order valence-electron chi connectivity index (χ0n) is 15.7. The maximum Gasteiger partial charge on any atom is 0.153 e. The average molecular weight is 370 g/mol. The molecule has 0 saturated carbocycles. The number of pyridine rings is 2. The normalized spacial score (nSPS) is 14.7. The summed E-state index contributed by atoms with van der Waals surface area (Å²) in [4.78, 5) is 15.8. The second-order valence-corrected chi connectivity index (χ2v) is 7.30. The predicted molar refractivity (Wildman–Crippen MR) is 108 cm³/mol. The molecule has 0 amide bonds. The Morgan fingerprint density at radius 2 is 1.75 bits per heavy atom. The zero-order valence-corrected chi connectivity index (χ0v) is 15.7. The summed E-state index contributed by atoms with van der Waals surface area (Å²) in [6, 6.07) is 12.2. The topological polar surface area (TPSA) is 59.2 Å². The lowest BCUT2D eigenvalue weighted by Gasteiger charge is -2.14. The molecule has 0 radical (unpaired) electrons. The Bertz CT molecular complexity index is 1080. The molecule has 0 aromatic carbocycles. The minimum absolute atomic E-state index is 0.710. The number of fused-ring (bicyclic) bond motifs is 1. The van der Waals surface area contributed by atoms with Crippen molar-refractivity contribution in [3.8, 4) is 11.3 Å². The first-order valence-electron chi connectivity index (χ1n) is 9.75. The van der Waals surface area contributed by atoms with Crippen LogP contribution in [0.2, 0.25) is 0 Å². The molecule has 4 aromatic rings. The van der Waals surface area contributed by atoms with E-state index in [1.165, 1.54) is 31.5 Å². The van der Waals surface area contributed by atoms with E-state index in [0.29, 0.717) is 6.42 Å². The van der Waals surface area contributed by atoms with Crippen molar-refractivity contribution in [1.82, 2.24) is 29.5 Å². The van der Waals surface area contributed by atoms with Gasteiger partial charge in [0.2, 0.25) is 0 Å². The molecule has 6 nitrogen and oxygen atoms in total. The molecule has 5 rings (SSSR count). The van der Waals surface area contributed by atoms with Crippen molar-refractivity contribution in [3.63, 3.8) is 0 Å². The minimum atomic E-state index is 0.710. The van der Waals surface area contributed by atoms with Gasteiger partial charge in [0.1, 0.15) is 0 Å². The summed E-state index contributed by atoms with van der Waals surface area (Å²) in [6.07, 6.45) is 10.8. The van der Waals surface area contributed by atoms with E-state index in [1.54, 1.807) is 12.4 Å². The molecule has 0 atom stereocenters. The second kappa shape index (κ2) is 7.48. The van der Waals surface area contributed by atoms with Gasteiger partial charge >= 0.3 is 0 Å². The second-order valence-electron chi connectivity index (χ2n) is 7.30. The van der Waals surface area contributed by atoms with Gasteiger partial charge in [-0.15, -0.1) is 0 Å². The van der Waals surface area contributed by atoms with Crippen LogP contribution in [0.5, 0.6) is 0 Å². The van der Waals surface area contributed by atoms with Crippen molar-refractivity contribution >= 4 is 5.65 Å². The van der Waals surface area contributed by atoms with Gasteiger partial charge in [-0.2, -0.15) is 5.10 Å². The fraction of sp³-hybridized carbons (Fsp3) is 0.273. The molecule has 5 heterocycles. The number of hydrogen-bond donors (Lipinski definition) is 0. The van der Waals surface area contributed by atoms with Crippen molar-refractivity contribution in [1.29, 1.82) is 0 Å². The molecule has 1 aliphatic rings. The summed E-state index contributed by atoms with van der Waals surface area (Å²) in [6.45, 7) is 3.42. The van der Waals surface area contributed by atoms with Gasteiger partial charge in [-0.3, -0.25) is 14.9 Å². The quantitative estimate of drug-likeness (QED) is 0.539. The Balaban J connectivity index is 1.36. The van der Waals surface area contributed by atoms with E-state index in [9.17, 15) is 0 Å². The largest absolute Gasteiger partial charge is 0.299 e. The molecule has 140 valence electrons. The van der Waals surface area contributed by atoms with E-state index in [0.717, 1.165) is 34.8 Å². The van der Waals surface area contributed by atoms with Crippen LogP contribution in [0, 0.1) is 0 Å². The number of likely N-dealkylation sites (tertiary alicyclic amines) is 1. The standard InChI is InChI=1S/C22H22N6/c1-2-12-27(11-1)15-17-5-10-24-19(13-17)14-20-16-28-22(25-20)4-3-21(26-28)18-6-8-23-9-7-18/h3-10,13,16H,1-2,11-12,14-15H2. The fourth-order valence-corrected chi connectivity index (χ4v) is 3.80. The summed E-state index contributed by atoms with van der Waals surface area (Å²) >= 11 is 0. The van der Waals surface area contributed by atoms with Crippen LogP contribution < -0.4 is 0 Å². The van der Waals surface area contributed by atoms with Gasteiger partial charge < -0.3 is 0 Å². The van der Waals surface area contributed by atoms with Gasteiger partial charge in [0.15, 0.2) is 5.65 Å². The summed E-state index contributed by atoms with van der Waals surface area (Å²) < 4.78 is 1.85. The highest BCUT2D eigenvalue weighted by atomic mass is 15.2.